The van der Waals surface area contributed by atoms with E-state index in [0.29, 0.717) is 0 Å². The summed E-state index contributed by atoms with van der Waals surface area (Å²) in [6, 6.07) is 15.3. The topological polar surface area (TPSA) is 18.5 Å². The molecule has 1 unspecified atom stereocenters. The molecule has 4 rings (SSSR count). The third-order valence-corrected chi connectivity index (χ3v) is 7.69. The lowest BCUT2D eigenvalue weighted by Crippen LogP contribution is -2.41. The summed E-state index contributed by atoms with van der Waals surface area (Å²) >= 11 is 0. The molecule has 2 nitrogen and oxygen atoms in total. The third-order valence-electron chi connectivity index (χ3n) is 5.48. The van der Waals surface area contributed by atoms with Gasteiger partial charge in [0.1, 0.15) is 0 Å². The van der Waals surface area contributed by atoms with Crippen molar-refractivity contribution in [2.75, 3.05) is 0 Å². The summed E-state index contributed by atoms with van der Waals surface area (Å²) in [6.07, 6.45) is 0. The molecule has 0 N–H and O–H groups in total. The number of fused-ring (bicyclic) bond motifs is 3. The van der Waals surface area contributed by atoms with E-state index in [2.05, 4.69) is 76.8 Å². The highest BCUT2D eigenvalue weighted by atomic mass is 31.1. The molecule has 0 aliphatic carbocycles. The van der Waals surface area contributed by atoms with Gasteiger partial charge in [0.25, 0.3) is 0 Å². The first-order valence-electron chi connectivity index (χ1n) is 8.13. The Bertz CT molecular complexity index is 894. The average Bonchev–Trinajstić information content (AvgIpc) is 2.91. The molecule has 4 heteroatoms. The quantitative estimate of drug-likeness (QED) is 0.598. The van der Waals surface area contributed by atoms with E-state index in [1.54, 1.807) is 0 Å². The molecular weight excluding hydrogens is 302 g/mol. The Balaban J connectivity index is 1.97. The van der Waals surface area contributed by atoms with E-state index in [4.69, 9.17) is 9.31 Å². The maximum Gasteiger partial charge on any atom is 0.495 e. The van der Waals surface area contributed by atoms with E-state index in [1.165, 1.54) is 26.5 Å². The molecule has 0 spiro atoms. The van der Waals surface area contributed by atoms with E-state index in [1.807, 2.05) is 0 Å². The Kier molecular flexibility index (Phi) is 3.23. The van der Waals surface area contributed by atoms with Crippen molar-refractivity contribution < 1.29 is 9.31 Å². The minimum Gasteiger partial charge on any atom is -0.399 e. The highest BCUT2D eigenvalue weighted by Crippen LogP contribution is 2.46. The molecule has 2 aromatic carbocycles. The molecule has 1 atom stereocenters. The van der Waals surface area contributed by atoms with E-state index >= 15 is 0 Å². The van der Waals surface area contributed by atoms with Gasteiger partial charge in [0.15, 0.2) is 0 Å². The minimum atomic E-state index is -0.310. The second-order valence-electron chi connectivity index (χ2n) is 7.41. The third kappa shape index (κ3) is 2.11. The number of benzene rings is 2. The summed E-state index contributed by atoms with van der Waals surface area (Å²) in [5.74, 6) is 0. The molecule has 1 aliphatic rings. The Hall–Kier alpha value is -1.28. The predicted octanol–water partition coefficient (Wildman–Crippen LogP) is 4.82. The largest absolute Gasteiger partial charge is 0.495 e. The van der Waals surface area contributed by atoms with Crippen LogP contribution in [0.4, 0.5) is 0 Å². The molecule has 1 saturated heterocycles. The zero-order valence-corrected chi connectivity index (χ0v) is 15.3. The van der Waals surface area contributed by atoms with Gasteiger partial charge in [-0.25, -0.2) is 0 Å². The zero-order chi connectivity index (χ0) is 16.4. The summed E-state index contributed by atoms with van der Waals surface area (Å²) in [7, 11) is -0.587. The maximum absolute atomic E-state index is 6.31. The molecule has 0 saturated carbocycles. The fraction of sp³-hybridized carbons (Fsp3) is 0.368. The summed E-state index contributed by atoms with van der Waals surface area (Å²) in [4.78, 5) is 0. The van der Waals surface area contributed by atoms with Crippen LogP contribution in [0.3, 0.4) is 0 Å². The van der Waals surface area contributed by atoms with Gasteiger partial charge in [-0.05, 0) is 50.6 Å². The van der Waals surface area contributed by atoms with Crippen LogP contribution in [0.2, 0.25) is 0 Å². The van der Waals surface area contributed by atoms with Crippen LogP contribution in [-0.2, 0) is 16.0 Å². The highest BCUT2D eigenvalue weighted by Gasteiger charge is 2.52. The molecule has 0 radical (unpaired) electrons. The first-order chi connectivity index (χ1) is 10.8. The van der Waals surface area contributed by atoms with Crippen molar-refractivity contribution in [1.29, 1.82) is 0 Å². The molecule has 1 fully saturated rings. The van der Waals surface area contributed by atoms with Gasteiger partial charge in [-0.2, -0.15) is 0 Å². The van der Waals surface area contributed by atoms with Crippen LogP contribution in [0, 0.1) is 0 Å². The Morgan fingerprint density at radius 3 is 2.13 bits per heavy atom. The zero-order valence-electron chi connectivity index (χ0n) is 14.4. The van der Waals surface area contributed by atoms with Crippen molar-refractivity contribution in [2.45, 2.75) is 38.9 Å². The number of hydrogen-bond acceptors (Lipinski definition) is 2. The second kappa shape index (κ2) is 4.86. The lowest BCUT2D eigenvalue weighted by Gasteiger charge is -2.32. The number of rotatable bonds is 1. The van der Waals surface area contributed by atoms with Crippen LogP contribution in [0.15, 0.2) is 42.5 Å². The van der Waals surface area contributed by atoms with Gasteiger partial charge < -0.3 is 9.31 Å². The van der Waals surface area contributed by atoms with E-state index in [-0.39, 0.29) is 25.9 Å². The maximum atomic E-state index is 6.31. The molecule has 1 aliphatic heterocycles. The molecule has 118 valence electrons. The second-order valence-corrected chi connectivity index (χ2v) is 9.49. The molecule has 3 aromatic rings. The SMILES string of the molecule is Cp1c2ccccc2c2c(B3OC(C)(C)C(C)(C)O3)cccc21. The molecule has 0 amide bonds. The summed E-state index contributed by atoms with van der Waals surface area (Å²) in [5, 5.41) is 5.58. The molecular formula is C19H22BO2P. The van der Waals surface area contributed by atoms with Crippen molar-refractivity contribution in [1.82, 2.24) is 0 Å². The van der Waals surface area contributed by atoms with Gasteiger partial charge in [-0.3, -0.25) is 0 Å². The van der Waals surface area contributed by atoms with Crippen LogP contribution in [0.25, 0.3) is 21.0 Å². The van der Waals surface area contributed by atoms with E-state index in [9.17, 15) is 0 Å². The first-order valence-corrected chi connectivity index (χ1v) is 9.92. The van der Waals surface area contributed by atoms with Crippen LogP contribution in [-0.4, -0.2) is 18.3 Å². The van der Waals surface area contributed by atoms with E-state index < -0.39 is 0 Å². The van der Waals surface area contributed by atoms with Gasteiger partial charge in [-0.1, -0.05) is 42.5 Å². The first kappa shape index (κ1) is 15.3. The van der Waals surface area contributed by atoms with Gasteiger partial charge in [-0.15, -0.1) is 7.53 Å². The smallest absolute Gasteiger partial charge is 0.399 e. The summed E-state index contributed by atoms with van der Waals surface area (Å²) in [5.41, 5.74) is 0.547. The number of hydrogen-bond donors (Lipinski definition) is 0. The van der Waals surface area contributed by atoms with Crippen molar-refractivity contribution in [3.63, 3.8) is 0 Å². The van der Waals surface area contributed by atoms with Crippen molar-refractivity contribution in [3.8, 4) is 0 Å². The minimum absolute atomic E-state index is 0.286. The Morgan fingerprint density at radius 1 is 0.826 bits per heavy atom. The van der Waals surface area contributed by atoms with Crippen molar-refractivity contribution >= 4 is 41.1 Å². The number of aryl methyl sites for hydroxylation is 1. The van der Waals surface area contributed by atoms with Crippen molar-refractivity contribution in [3.05, 3.63) is 42.5 Å². The molecule has 2 heterocycles. The average molecular weight is 324 g/mol. The standard InChI is InChI=1S/C19H22BO2P/c1-18(2)19(3,4)22-20(21-18)14-10-8-12-16-17(14)13-9-6-7-11-15(13)23(16)5/h6-12H,1-5H3. The van der Waals surface area contributed by atoms with Crippen LogP contribution in [0.1, 0.15) is 27.7 Å². The predicted molar refractivity (Wildman–Crippen MR) is 101 cm³/mol. The Labute approximate surface area is 139 Å². The molecule has 0 bridgehead atoms. The Morgan fingerprint density at radius 2 is 1.43 bits per heavy atom. The fourth-order valence-corrected chi connectivity index (χ4v) is 5.42. The molecule has 1 aromatic heterocycles. The lowest BCUT2D eigenvalue weighted by molar-refractivity contribution is 0.00578. The van der Waals surface area contributed by atoms with E-state index in [0.717, 1.165) is 0 Å². The lowest BCUT2D eigenvalue weighted by atomic mass is 9.76. The van der Waals surface area contributed by atoms with Gasteiger partial charge >= 0.3 is 7.12 Å². The van der Waals surface area contributed by atoms with Gasteiger partial charge in [0.05, 0.1) is 11.2 Å². The highest BCUT2D eigenvalue weighted by molar-refractivity contribution is 7.59. The monoisotopic (exact) mass is 324 g/mol. The van der Waals surface area contributed by atoms with Crippen LogP contribution < -0.4 is 5.46 Å². The van der Waals surface area contributed by atoms with Gasteiger partial charge in [0, 0.05) is 10.2 Å². The normalized spacial score (nSPS) is 20.6. The van der Waals surface area contributed by atoms with Gasteiger partial charge in [0.2, 0.25) is 0 Å². The summed E-state index contributed by atoms with van der Waals surface area (Å²) in [6.45, 7) is 10.8. The fourth-order valence-electron chi connectivity index (χ4n) is 3.40. The van der Waals surface area contributed by atoms with Crippen LogP contribution in [0.5, 0.6) is 0 Å². The molecule has 23 heavy (non-hydrogen) atoms. The van der Waals surface area contributed by atoms with Crippen LogP contribution >= 0.6 is 7.53 Å². The van der Waals surface area contributed by atoms with Crippen molar-refractivity contribution in [2.24, 2.45) is 6.66 Å². The summed E-state index contributed by atoms with van der Waals surface area (Å²) < 4.78 is 12.6.